The molecule has 1 unspecified atom stereocenters. The topological polar surface area (TPSA) is 63.4 Å². The number of anilines is 1. The third-order valence-corrected chi connectivity index (χ3v) is 2.51. The number of hydrogen-bond acceptors (Lipinski definition) is 4. The van der Waals surface area contributed by atoms with Gasteiger partial charge in [0.05, 0.1) is 4.92 Å². The lowest BCUT2D eigenvalue weighted by molar-refractivity contribution is -0.427. The highest BCUT2D eigenvalue weighted by molar-refractivity contribution is 5.72. The second kappa shape index (κ2) is 4.61. The SMILES string of the molecule is O=CC1C([N+](=O)[O-])=CC=CN1c1ccccc1. The molecule has 0 radical (unpaired) electrons. The molecule has 0 aliphatic carbocycles. The summed E-state index contributed by atoms with van der Waals surface area (Å²) in [5.74, 6) is 0. The van der Waals surface area contributed by atoms with E-state index in [0.717, 1.165) is 5.69 Å². The Morgan fingerprint density at radius 2 is 2.00 bits per heavy atom. The van der Waals surface area contributed by atoms with Crippen LogP contribution in [0.25, 0.3) is 0 Å². The number of nitrogens with zero attached hydrogens (tertiary/aromatic N) is 2. The number of carbonyl (C=O) groups is 1. The second-order valence-corrected chi connectivity index (χ2v) is 3.51. The molecule has 86 valence electrons. The van der Waals surface area contributed by atoms with E-state index in [-0.39, 0.29) is 5.70 Å². The van der Waals surface area contributed by atoms with Crippen LogP contribution < -0.4 is 4.90 Å². The van der Waals surface area contributed by atoms with E-state index in [1.807, 2.05) is 18.2 Å². The lowest BCUT2D eigenvalue weighted by Gasteiger charge is -2.26. The van der Waals surface area contributed by atoms with Gasteiger partial charge in [0, 0.05) is 18.0 Å². The third-order valence-electron chi connectivity index (χ3n) is 2.51. The Hall–Kier alpha value is -2.43. The average molecular weight is 230 g/mol. The highest BCUT2D eigenvalue weighted by Crippen LogP contribution is 2.23. The van der Waals surface area contributed by atoms with Crippen LogP contribution in [0.1, 0.15) is 0 Å². The smallest absolute Gasteiger partial charge is 0.276 e. The van der Waals surface area contributed by atoms with E-state index in [2.05, 4.69) is 0 Å². The number of benzene rings is 1. The summed E-state index contributed by atoms with van der Waals surface area (Å²) >= 11 is 0. The summed E-state index contributed by atoms with van der Waals surface area (Å²) in [6.45, 7) is 0. The molecule has 1 aliphatic rings. The number of nitro groups is 1. The second-order valence-electron chi connectivity index (χ2n) is 3.51. The molecule has 0 bridgehead atoms. The minimum Gasteiger partial charge on any atom is -0.328 e. The molecule has 5 nitrogen and oxygen atoms in total. The maximum atomic E-state index is 11.0. The zero-order chi connectivity index (χ0) is 12.3. The molecule has 0 fully saturated rings. The van der Waals surface area contributed by atoms with Gasteiger partial charge in [-0.25, -0.2) is 0 Å². The van der Waals surface area contributed by atoms with E-state index in [1.165, 1.54) is 6.08 Å². The summed E-state index contributed by atoms with van der Waals surface area (Å²) in [5, 5.41) is 10.8. The number of hydrogen-bond donors (Lipinski definition) is 0. The van der Waals surface area contributed by atoms with Crippen molar-refractivity contribution >= 4 is 12.0 Å². The van der Waals surface area contributed by atoms with Gasteiger partial charge in [-0.05, 0) is 18.2 Å². The van der Waals surface area contributed by atoms with Crippen molar-refractivity contribution in [2.45, 2.75) is 6.04 Å². The molecule has 1 aromatic rings. The van der Waals surface area contributed by atoms with Gasteiger partial charge in [-0.3, -0.25) is 10.1 Å². The van der Waals surface area contributed by atoms with Crippen LogP contribution in [0, 0.1) is 10.1 Å². The van der Waals surface area contributed by atoms with Crippen molar-refractivity contribution in [1.29, 1.82) is 0 Å². The lowest BCUT2D eigenvalue weighted by atomic mass is 10.1. The Morgan fingerprint density at radius 3 is 2.59 bits per heavy atom. The molecular weight excluding hydrogens is 220 g/mol. The van der Waals surface area contributed by atoms with Crippen LogP contribution >= 0.6 is 0 Å². The zero-order valence-corrected chi connectivity index (χ0v) is 8.89. The van der Waals surface area contributed by atoms with Crippen molar-refractivity contribution < 1.29 is 9.72 Å². The molecule has 17 heavy (non-hydrogen) atoms. The summed E-state index contributed by atoms with van der Waals surface area (Å²) in [5.41, 5.74) is 0.625. The maximum absolute atomic E-state index is 11.0. The molecule has 0 spiro atoms. The van der Waals surface area contributed by atoms with Crippen molar-refractivity contribution in [3.8, 4) is 0 Å². The van der Waals surface area contributed by atoms with E-state index in [9.17, 15) is 14.9 Å². The summed E-state index contributed by atoms with van der Waals surface area (Å²) in [7, 11) is 0. The normalized spacial score (nSPS) is 18.7. The number of carbonyl (C=O) groups excluding carboxylic acids is 1. The predicted octanol–water partition coefficient (Wildman–Crippen LogP) is 1.75. The van der Waals surface area contributed by atoms with Crippen molar-refractivity contribution in [3.05, 3.63) is 64.5 Å². The van der Waals surface area contributed by atoms with Gasteiger partial charge >= 0.3 is 0 Å². The van der Waals surface area contributed by atoms with E-state index in [0.29, 0.717) is 6.29 Å². The molecular formula is C12H10N2O3. The van der Waals surface area contributed by atoms with E-state index >= 15 is 0 Å². The number of rotatable bonds is 3. The van der Waals surface area contributed by atoms with Crippen molar-refractivity contribution in [1.82, 2.24) is 0 Å². The first-order valence-corrected chi connectivity index (χ1v) is 5.05. The van der Waals surface area contributed by atoms with Gasteiger partial charge in [0.25, 0.3) is 5.70 Å². The molecule has 1 atom stereocenters. The molecule has 0 saturated heterocycles. The van der Waals surface area contributed by atoms with Crippen LogP contribution in [0.2, 0.25) is 0 Å². The Bertz CT molecular complexity index is 494. The first-order valence-electron chi connectivity index (χ1n) is 5.05. The zero-order valence-electron chi connectivity index (χ0n) is 8.89. The number of aldehydes is 1. The fraction of sp³-hybridized carbons (Fsp3) is 0.0833. The Kier molecular flexibility index (Phi) is 3.00. The Labute approximate surface area is 97.8 Å². The fourth-order valence-electron chi connectivity index (χ4n) is 1.72. The first-order chi connectivity index (χ1) is 8.24. The van der Waals surface area contributed by atoms with Crippen LogP contribution in [0.15, 0.2) is 54.4 Å². The number of para-hydroxylation sites is 1. The van der Waals surface area contributed by atoms with Gasteiger partial charge in [-0.1, -0.05) is 18.2 Å². The van der Waals surface area contributed by atoms with E-state index in [1.54, 1.807) is 29.3 Å². The largest absolute Gasteiger partial charge is 0.328 e. The maximum Gasteiger partial charge on any atom is 0.276 e. The van der Waals surface area contributed by atoms with Gasteiger partial charge in [0.15, 0.2) is 12.3 Å². The molecule has 5 heteroatoms. The molecule has 1 aromatic carbocycles. The predicted molar refractivity (Wildman–Crippen MR) is 63.0 cm³/mol. The summed E-state index contributed by atoms with van der Waals surface area (Å²) in [6, 6.07) is 8.19. The highest BCUT2D eigenvalue weighted by atomic mass is 16.6. The first kappa shape index (κ1) is 11.1. The summed E-state index contributed by atoms with van der Waals surface area (Å²) in [4.78, 5) is 22.9. The Balaban J connectivity index is 2.38. The minimum atomic E-state index is -0.877. The van der Waals surface area contributed by atoms with Crippen LogP contribution in [-0.2, 0) is 4.79 Å². The van der Waals surface area contributed by atoms with Gasteiger partial charge in [0.1, 0.15) is 0 Å². The minimum absolute atomic E-state index is 0.119. The van der Waals surface area contributed by atoms with Crippen LogP contribution in [0.4, 0.5) is 5.69 Å². The van der Waals surface area contributed by atoms with Gasteiger partial charge < -0.3 is 9.69 Å². The highest BCUT2D eigenvalue weighted by Gasteiger charge is 2.31. The van der Waals surface area contributed by atoms with Crippen molar-refractivity contribution in [2.24, 2.45) is 0 Å². The molecule has 1 heterocycles. The van der Waals surface area contributed by atoms with Crippen LogP contribution in [0.5, 0.6) is 0 Å². The van der Waals surface area contributed by atoms with Crippen molar-refractivity contribution in [2.75, 3.05) is 4.90 Å². The molecule has 1 aliphatic heterocycles. The molecule has 2 rings (SSSR count). The van der Waals surface area contributed by atoms with Crippen LogP contribution in [0.3, 0.4) is 0 Å². The van der Waals surface area contributed by atoms with Gasteiger partial charge in [-0.15, -0.1) is 0 Å². The van der Waals surface area contributed by atoms with E-state index < -0.39 is 11.0 Å². The lowest BCUT2D eigenvalue weighted by Crippen LogP contribution is -2.37. The standard InChI is InChI=1S/C12H10N2O3/c15-9-12-11(14(16)17)7-4-8-13(12)10-5-2-1-3-6-10/h1-9,12H. The molecule has 0 aromatic heterocycles. The summed E-state index contributed by atoms with van der Waals surface area (Å²) < 4.78 is 0. The quantitative estimate of drug-likeness (QED) is 0.451. The van der Waals surface area contributed by atoms with Crippen LogP contribution in [-0.4, -0.2) is 17.3 Å². The average Bonchev–Trinajstić information content (AvgIpc) is 2.38. The molecule has 0 N–H and O–H groups in total. The monoisotopic (exact) mass is 230 g/mol. The van der Waals surface area contributed by atoms with Crippen molar-refractivity contribution in [3.63, 3.8) is 0 Å². The van der Waals surface area contributed by atoms with Gasteiger partial charge in [0.2, 0.25) is 0 Å². The van der Waals surface area contributed by atoms with E-state index in [4.69, 9.17) is 0 Å². The molecule has 0 amide bonds. The fourth-order valence-corrected chi connectivity index (χ4v) is 1.72. The molecule has 0 saturated carbocycles. The third kappa shape index (κ3) is 2.08. The van der Waals surface area contributed by atoms with Gasteiger partial charge in [-0.2, -0.15) is 0 Å². The number of allylic oxidation sites excluding steroid dienone is 2. The summed E-state index contributed by atoms with van der Waals surface area (Å²) in [6.07, 6.45) is 5.14. The Morgan fingerprint density at radius 1 is 1.29 bits per heavy atom.